The van der Waals surface area contributed by atoms with Crippen LogP contribution in [0.25, 0.3) is 0 Å². The molecule has 3 saturated heterocycles. The number of urea groups is 1. The third-order valence-corrected chi connectivity index (χ3v) is 6.41. The molecule has 1 spiro atoms. The molecular weight excluding hydrogens is 384 g/mol. The van der Waals surface area contributed by atoms with Gasteiger partial charge in [-0.2, -0.15) is 0 Å². The zero-order valence-electron chi connectivity index (χ0n) is 19.0. The Hall–Kier alpha value is -2.12. The van der Waals surface area contributed by atoms with Gasteiger partial charge in [0.25, 0.3) is 5.91 Å². The molecule has 0 aromatic carbocycles. The van der Waals surface area contributed by atoms with Crippen LogP contribution in [0.2, 0.25) is 0 Å². The maximum absolute atomic E-state index is 13.3. The Morgan fingerprint density at radius 1 is 1.10 bits per heavy atom. The molecule has 8 heteroatoms. The SMILES string of the molecule is CC(C)C(=O)N1CCC2(CC1)NC(=O)N([C@H]1CCCN(C(=O)CC(C)(C)C)C1)C2=O. The number of carbonyl (C=O) groups excluding carboxylic acids is 4. The number of nitrogens with zero attached hydrogens (tertiary/aromatic N) is 3. The lowest BCUT2D eigenvalue weighted by atomic mass is 9.86. The number of hydrogen-bond acceptors (Lipinski definition) is 4. The molecule has 3 aliphatic rings. The van der Waals surface area contributed by atoms with Crippen LogP contribution in [0.3, 0.4) is 0 Å². The van der Waals surface area contributed by atoms with Gasteiger partial charge >= 0.3 is 6.03 Å². The molecule has 0 aromatic heterocycles. The topological polar surface area (TPSA) is 90.0 Å². The van der Waals surface area contributed by atoms with Crippen LogP contribution < -0.4 is 5.32 Å². The highest BCUT2D eigenvalue weighted by atomic mass is 16.2. The molecule has 0 saturated carbocycles. The monoisotopic (exact) mass is 420 g/mol. The minimum Gasteiger partial charge on any atom is -0.342 e. The summed E-state index contributed by atoms with van der Waals surface area (Å²) in [7, 11) is 0. The summed E-state index contributed by atoms with van der Waals surface area (Å²) in [6.07, 6.45) is 2.81. The van der Waals surface area contributed by atoms with Crippen molar-refractivity contribution in [3.63, 3.8) is 0 Å². The van der Waals surface area contributed by atoms with E-state index in [9.17, 15) is 19.2 Å². The van der Waals surface area contributed by atoms with Crippen molar-refractivity contribution in [2.45, 2.75) is 78.3 Å². The summed E-state index contributed by atoms with van der Waals surface area (Å²) < 4.78 is 0. The van der Waals surface area contributed by atoms with E-state index in [1.54, 1.807) is 9.80 Å². The first-order valence-electron chi connectivity index (χ1n) is 11.2. The fraction of sp³-hybridized carbons (Fsp3) is 0.818. The van der Waals surface area contributed by atoms with E-state index in [2.05, 4.69) is 5.32 Å². The van der Waals surface area contributed by atoms with Crippen molar-refractivity contribution in [2.75, 3.05) is 26.2 Å². The zero-order chi connectivity index (χ0) is 22.3. The van der Waals surface area contributed by atoms with Crippen molar-refractivity contribution in [3.8, 4) is 0 Å². The number of hydrogen-bond donors (Lipinski definition) is 1. The number of rotatable bonds is 3. The van der Waals surface area contributed by atoms with Crippen LogP contribution in [0.1, 0.15) is 66.7 Å². The number of amides is 5. The van der Waals surface area contributed by atoms with Gasteiger partial charge in [0.1, 0.15) is 5.54 Å². The fourth-order valence-corrected chi connectivity index (χ4v) is 4.74. The minimum absolute atomic E-state index is 0.0782. The predicted octanol–water partition coefficient (Wildman–Crippen LogP) is 1.98. The predicted molar refractivity (Wildman–Crippen MR) is 112 cm³/mol. The van der Waals surface area contributed by atoms with E-state index >= 15 is 0 Å². The van der Waals surface area contributed by atoms with Crippen molar-refractivity contribution < 1.29 is 19.2 Å². The van der Waals surface area contributed by atoms with Gasteiger partial charge in [-0.15, -0.1) is 0 Å². The molecule has 3 fully saturated rings. The summed E-state index contributed by atoms with van der Waals surface area (Å²) >= 11 is 0. The number of likely N-dealkylation sites (tertiary alicyclic amines) is 2. The molecule has 168 valence electrons. The van der Waals surface area contributed by atoms with Crippen LogP contribution in [-0.2, 0) is 14.4 Å². The summed E-state index contributed by atoms with van der Waals surface area (Å²) in [4.78, 5) is 56.0. The Kier molecular flexibility index (Phi) is 6.16. The molecule has 0 bridgehead atoms. The molecule has 8 nitrogen and oxygen atoms in total. The van der Waals surface area contributed by atoms with E-state index in [1.165, 1.54) is 4.90 Å². The maximum Gasteiger partial charge on any atom is 0.325 e. The van der Waals surface area contributed by atoms with Gasteiger partial charge in [-0.3, -0.25) is 19.3 Å². The standard InChI is InChI=1S/C22H36N4O4/c1-15(2)18(28)24-11-8-22(9-12-24)19(29)26(20(30)23-22)16-7-6-10-25(14-16)17(27)13-21(3,4)5/h15-16H,6-14H2,1-5H3,(H,23,30)/t16-/m0/s1. The first-order chi connectivity index (χ1) is 13.9. The average Bonchev–Trinajstić information content (AvgIpc) is 2.90. The number of piperidine rings is 2. The Morgan fingerprint density at radius 3 is 2.30 bits per heavy atom. The van der Waals surface area contributed by atoms with E-state index in [0.29, 0.717) is 51.9 Å². The normalized spacial score (nSPS) is 24.6. The van der Waals surface area contributed by atoms with Crippen LogP contribution in [0.4, 0.5) is 4.79 Å². The van der Waals surface area contributed by atoms with Crippen LogP contribution in [-0.4, -0.2) is 76.2 Å². The molecule has 30 heavy (non-hydrogen) atoms. The second-order valence-electron chi connectivity index (χ2n) is 10.5. The average molecular weight is 421 g/mol. The molecule has 0 aliphatic carbocycles. The maximum atomic E-state index is 13.3. The first-order valence-corrected chi connectivity index (χ1v) is 11.2. The van der Waals surface area contributed by atoms with Gasteiger partial charge in [-0.05, 0) is 31.1 Å². The van der Waals surface area contributed by atoms with E-state index in [0.717, 1.165) is 6.42 Å². The Bertz CT molecular complexity index is 719. The van der Waals surface area contributed by atoms with Crippen molar-refractivity contribution in [2.24, 2.45) is 11.3 Å². The molecule has 1 atom stereocenters. The molecule has 1 N–H and O–H groups in total. The number of imide groups is 1. The van der Waals surface area contributed by atoms with Crippen LogP contribution >= 0.6 is 0 Å². The second-order valence-corrected chi connectivity index (χ2v) is 10.5. The molecule has 5 amide bonds. The molecule has 0 unspecified atom stereocenters. The molecule has 3 heterocycles. The highest BCUT2D eigenvalue weighted by molar-refractivity contribution is 6.07. The van der Waals surface area contributed by atoms with Crippen molar-refractivity contribution in [3.05, 3.63) is 0 Å². The zero-order valence-corrected chi connectivity index (χ0v) is 19.0. The molecule has 0 radical (unpaired) electrons. The lowest BCUT2D eigenvalue weighted by molar-refractivity contribution is -0.142. The smallest absolute Gasteiger partial charge is 0.325 e. The molecule has 3 aliphatic heterocycles. The largest absolute Gasteiger partial charge is 0.342 e. The van der Waals surface area contributed by atoms with Gasteiger partial charge in [-0.25, -0.2) is 4.79 Å². The number of nitrogens with one attached hydrogen (secondary N) is 1. The Morgan fingerprint density at radius 2 is 1.73 bits per heavy atom. The second kappa shape index (κ2) is 8.19. The lowest BCUT2D eigenvalue weighted by Gasteiger charge is -2.39. The van der Waals surface area contributed by atoms with Crippen molar-refractivity contribution in [1.29, 1.82) is 0 Å². The van der Waals surface area contributed by atoms with Gasteiger partial charge in [0.15, 0.2) is 0 Å². The van der Waals surface area contributed by atoms with Crippen molar-refractivity contribution >= 4 is 23.8 Å². The van der Waals surface area contributed by atoms with Gasteiger partial charge in [0.2, 0.25) is 11.8 Å². The molecular formula is C22H36N4O4. The third kappa shape index (κ3) is 4.47. The van der Waals surface area contributed by atoms with Crippen LogP contribution in [0, 0.1) is 11.3 Å². The summed E-state index contributed by atoms with van der Waals surface area (Å²) in [6, 6.07) is -0.649. The van der Waals surface area contributed by atoms with Crippen LogP contribution in [0.15, 0.2) is 0 Å². The summed E-state index contributed by atoms with van der Waals surface area (Å²) in [6.45, 7) is 11.8. The summed E-state index contributed by atoms with van der Waals surface area (Å²) in [5.41, 5.74) is -1.02. The quantitative estimate of drug-likeness (QED) is 0.707. The van der Waals surface area contributed by atoms with Gasteiger partial charge in [0.05, 0.1) is 6.04 Å². The van der Waals surface area contributed by atoms with Crippen LogP contribution in [0.5, 0.6) is 0 Å². The van der Waals surface area contributed by atoms with Gasteiger partial charge < -0.3 is 15.1 Å². The van der Waals surface area contributed by atoms with E-state index < -0.39 is 5.54 Å². The minimum atomic E-state index is -0.914. The summed E-state index contributed by atoms with van der Waals surface area (Å²) in [5.74, 6) is -0.115. The highest BCUT2D eigenvalue weighted by Gasteiger charge is 2.55. The van der Waals surface area contributed by atoms with E-state index in [4.69, 9.17) is 0 Å². The molecule has 0 aromatic rings. The van der Waals surface area contributed by atoms with Crippen molar-refractivity contribution in [1.82, 2.24) is 20.0 Å². The number of carbonyl (C=O) groups is 4. The first kappa shape index (κ1) is 22.6. The Balaban J connectivity index is 1.66. The fourth-order valence-electron chi connectivity index (χ4n) is 4.74. The van der Waals surface area contributed by atoms with E-state index in [1.807, 2.05) is 34.6 Å². The Labute approximate surface area is 179 Å². The lowest BCUT2D eigenvalue weighted by Crippen LogP contribution is -2.57. The van der Waals surface area contributed by atoms with Gasteiger partial charge in [0, 0.05) is 38.5 Å². The summed E-state index contributed by atoms with van der Waals surface area (Å²) in [5, 5.41) is 2.93. The van der Waals surface area contributed by atoms with Gasteiger partial charge in [-0.1, -0.05) is 34.6 Å². The molecule has 3 rings (SSSR count). The van der Waals surface area contributed by atoms with E-state index in [-0.39, 0.29) is 41.1 Å². The third-order valence-electron chi connectivity index (χ3n) is 6.41. The highest BCUT2D eigenvalue weighted by Crippen LogP contribution is 2.33.